The molecule has 1 amide bonds. The molecule has 0 bridgehead atoms. The first-order valence-electron chi connectivity index (χ1n) is 9.09. The van der Waals surface area contributed by atoms with Crippen LogP contribution in [0.5, 0.6) is 0 Å². The van der Waals surface area contributed by atoms with Gasteiger partial charge in [0.05, 0.1) is 6.54 Å². The van der Waals surface area contributed by atoms with Gasteiger partial charge in [0.2, 0.25) is 5.91 Å². The van der Waals surface area contributed by atoms with Crippen LogP contribution in [-0.2, 0) is 10.2 Å². The smallest absolute Gasteiger partial charge is 0.219 e. The van der Waals surface area contributed by atoms with Gasteiger partial charge in [-0.15, -0.1) is 0 Å². The van der Waals surface area contributed by atoms with Crippen LogP contribution < -0.4 is 5.32 Å². The summed E-state index contributed by atoms with van der Waals surface area (Å²) in [5.74, 6) is 0.845. The normalized spacial score (nSPS) is 19.7. The zero-order valence-electron chi connectivity index (χ0n) is 15.1. The van der Waals surface area contributed by atoms with Crippen molar-refractivity contribution in [3.05, 3.63) is 35.6 Å². The van der Waals surface area contributed by atoms with Crippen LogP contribution in [0.1, 0.15) is 32.3 Å². The van der Waals surface area contributed by atoms with Crippen molar-refractivity contribution in [3.8, 4) is 0 Å². The molecule has 1 aromatic rings. The van der Waals surface area contributed by atoms with Gasteiger partial charge in [-0.25, -0.2) is 4.39 Å². The predicted octanol–water partition coefficient (Wildman–Crippen LogP) is 1.99. The Morgan fingerprint density at radius 2 is 1.92 bits per heavy atom. The average Bonchev–Trinajstić information content (AvgIpc) is 3.40. The largest absolute Gasteiger partial charge is 0.357 e. The molecule has 2 fully saturated rings. The van der Waals surface area contributed by atoms with E-state index in [1.165, 1.54) is 6.07 Å². The molecule has 5 nitrogen and oxygen atoms in total. The van der Waals surface area contributed by atoms with Crippen molar-refractivity contribution >= 4 is 11.9 Å². The first-order valence-corrected chi connectivity index (χ1v) is 9.09. The molecule has 1 aliphatic heterocycles. The maximum Gasteiger partial charge on any atom is 0.219 e. The minimum atomic E-state index is -0.181. The van der Waals surface area contributed by atoms with E-state index in [9.17, 15) is 9.18 Å². The van der Waals surface area contributed by atoms with Gasteiger partial charge in [0, 0.05) is 45.1 Å². The second kappa shape index (κ2) is 7.42. The number of guanidine groups is 1. The van der Waals surface area contributed by atoms with Crippen LogP contribution in [0.25, 0.3) is 0 Å². The molecule has 1 N–H and O–H groups in total. The lowest BCUT2D eigenvalue weighted by Crippen LogP contribution is -2.53. The van der Waals surface area contributed by atoms with E-state index < -0.39 is 0 Å². The van der Waals surface area contributed by atoms with Gasteiger partial charge in [0.25, 0.3) is 0 Å². The summed E-state index contributed by atoms with van der Waals surface area (Å²) in [5.41, 5.74) is 1.04. The van der Waals surface area contributed by atoms with Gasteiger partial charge in [0.1, 0.15) is 5.82 Å². The summed E-state index contributed by atoms with van der Waals surface area (Å²) in [5, 5.41) is 3.36. The lowest BCUT2D eigenvalue weighted by Gasteiger charge is -2.36. The van der Waals surface area contributed by atoms with E-state index in [2.05, 4.69) is 17.1 Å². The summed E-state index contributed by atoms with van der Waals surface area (Å²) in [6, 6.07) is 6.91. The van der Waals surface area contributed by atoms with Gasteiger partial charge in [-0.1, -0.05) is 12.1 Å². The molecule has 1 saturated carbocycles. The van der Waals surface area contributed by atoms with Crippen molar-refractivity contribution < 1.29 is 9.18 Å². The second-order valence-corrected chi connectivity index (χ2v) is 6.95. The fourth-order valence-electron chi connectivity index (χ4n) is 3.39. The summed E-state index contributed by atoms with van der Waals surface area (Å²) in [7, 11) is 0. The lowest BCUT2D eigenvalue weighted by molar-refractivity contribution is -0.130. The zero-order chi connectivity index (χ0) is 17.9. The third-order valence-electron chi connectivity index (χ3n) is 5.18. The number of aliphatic imine (C=N–C) groups is 1. The summed E-state index contributed by atoms with van der Waals surface area (Å²) in [6.45, 7) is 8.19. The predicted molar refractivity (Wildman–Crippen MR) is 97.1 cm³/mol. The molecule has 3 rings (SSSR count). The Morgan fingerprint density at radius 1 is 1.24 bits per heavy atom. The Morgan fingerprint density at radius 3 is 2.48 bits per heavy atom. The molecule has 0 unspecified atom stereocenters. The third-order valence-corrected chi connectivity index (χ3v) is 5.18. The van der Waals surface area contributed by atoms with Gasteiger partial charge >= 0.3 is 0 Å². The van der Waals surface area contributed by atoms with E-state index in [1.807, 2.05) is 11.0 Å². The van der Waals surface area contributed by atoms with Crippen LogP contribution in [-0.4, -0.2) is 60.9 Å². The van der Waals surface area contributed by atoms with Crippen molar-refractivity contribution in [1.29, 1.82) is 0 Å². The number of amides is 1. The number of nitrogens with one attached hydrogen (secondary N) is 1. The summed E-state index contributed by atoms with van der Waals surface area (Å²) in [4.78, 5) is 20.4. The first kappa shape index (κ1) is 17.7. The van der Waals surface area contributed by atoms with Crippen molar-refractivity contribution in [3.63, 3.8) is 0 Å². The summed E-state index contributed by atoms with van der Waals surface area (Å²) < 4.78 is 13.5. The second-order valence-electron chi connectivity index (χ2n) is 6.95. The lowest BCUT2D eigenvalue weighted by atomic mass is 9.96. The molecule has 1 aromatic carbocycles. The van der Waals surface area contributed by atoms with E-state index in [1.54, 1.807) is 19.1 Å². The molecule has 0 spiro atoms. The van der Waals surface area contributed by atoms with Gasteiger partial charge in [-0.05, 0) is 37.5 Å². The Bertz CT molecular complexity index is 649. The monoisotopic (exact) mass is 346 g/mol. The number of piperazine rings is 1. The highest BCUT2D eigenvalue weighted by atomic mass is 19.1. The number of halogens is 1. The van der Waals surface area contributed by atoms with E-state index in [-0.39, 0.29) is 17.1 Å². The molecule has 1 saturated heterocycles. The number of nitrogens with zero attached hydrogens (tertiary/aromatic N) is 3. The molecule has 1 heterocycles. The average molecular weight is 346 g/mol. The Balaban J connectivity index is 1.68. The molecular formula is C19H27FN4O. The van der Waals surface area contributed by atoms with Crippen LogP contribution in [0.3, 0.4) is 0 Å². The van der Waals surface area contributed by atoms with E-state index >= 15 is 0 Å². The molecule has 6 heteroatoms. The maximum absolute atomic E-state index is 13.5. The molecule has 2 aliphatic rings. The third kappa shape index (κ3) is 4.11. The molecule has 0 radical (unpaired) electrons. The van der Waals surface area contributed by atoms with E-state index in [0.717, 1.165) is 57.1 Å². The Kier molecular flexibility index (Phi) is 5.25. The highest BCUT2D eigenvalue weighted by molar-refractivity contribution is 5.80. The van der Waals surface area contributed by atoms with Crippen LogP contribution in [0, 0.1) is 5.82 Å². The number of carbonyl (C=O) groups is 1. The number of hydrogen-bond donors (Lipinski definition) is 1. The fourth-order valence-corrected chi connectivity index (χ4v) is 3.39. The molecule has 136 valence electrons. The molecule has 1 aliphatic carbocycles. The highest BCUT2D eigenvalue weighted by Crippen LogP contribution is 2.48. The number of hydrogen-bond acceptors (Lipinski definition) is 2. The van der Waals surface area contributed by atoms with Crippen molar-refractivity contribution in [2.24, 2.45) is 4.99 Å². The molecule has 25 heavy (non-hydrogen) atoms. The first-order chi connectivity index (χ1) is 12.0. The molecule has 0 atom stereocenters. The Labute approximate surface area is 148 Å². The number of benzene rings is 1. The van der Waals surface area contributed by atoms with Gasteiger partial charge < -0.3 is 15.1 Å². The van der Waals surface area contributed by atoms with Crippen molar-refractivity contribution in [1.82, 2.24) is 15.1 Å². The number of rotatable bonds is 4. The van der Waals surface area contributed by atoms with Gasteiger partial charge in [-0.3, -0.25) is 9.79 Å². The Hall–Kier alpha value is -2.11. The van der Waals surface area contributed by atoms with Crippen LogP contribution in [0.2, 0.25) is 0 Å². The minimum Gasteiger partial charge on any atom is -0.357 e. The van der Waals surface area contributed by atoms with Crippen LogP contribution in [0.4, 0.5) is 4.39 Å². The number of carbonyl (C=O) groups excluding carboxylic acids is 1. The summed E-state index contributed by atoms with van der Waals surface area (Å²) in [6.07, 6.45) is 2.11. The van der Waals surface area contributed by atoms with E-state index in [4.69, 9.17) is 4.99 Å². The molecular weight excluding hydrogens is 319 g/mol. The van der Waals surface area contributed by atoms with Crippen molar-refractivity contribution in [2.75, 3.05) is 39.3 Å². The van der Waals surface area contributed by atoms with Crippen LogP contribution >= 0.6 is 0 Å². The standard InChI is InChI=1S/C19H27FN4O/c1-3-21-18(24-11-9-23(10-12-24)15(2)25)22-14-19(7-8-19)16-5-4-6-17(20)13-16/h4-6,13H,3,7-12,14H2,1-2H3,(H,21,22). The maximum atomic E-state index is 13.5. The van der Waals surface area contributed by atoms with Crippen molar-refractivity contribution in [2.45, 2.75) is 32.1 Å². The topological polar surface area (TPSA) is 47.9 Å². The SMILES string of the molecule is CCNC(=NCC1(c2cccc(F)c2)CC1)N1CCN(C(C)=O)CC1. The quantitative estimate of drug-likeness (QED) is 0.670. The molecule has 0 aromatic heterocycles. The van der Waals surface area contributed by atoms with E-state index in [0.29, 0.717) is 6.54 Å². The fraction of sp³-hybridized carbons (Fsp3) is 0.579. The zero-order valence-corrected chi connectivity index (χ0v) is 15.1. The summed E-state index contributed by atoms with van der Waals surface area (Å²) >= 11 is 0. The minimum absolute atomic E-state index is 0.00994. The van der Waals surface area contributed by atoms with Gasteiger partial charge in [0.15, 0.2) is 5.96 Å². The highest BCUT2D eigenvalue weighted by Gasteiger charge is 2.44. The van der Waals surface area contributed by atoms with Crippen LogP contribution in [0.15, 0.2) is 29.3 Å². The van der Waals surface area contributed by atoms with Gasteiger partial charge in [-0.2, -0.15) is 0 Å².